The number of rotatable bonds is 1. The van der Waals surface area contributed by atoms with Crippen LogP contribution in [0.3, 0.4) is 0 Å². The molecule has 1 nitrogen and oxygen atoms in total. The van der Waals surface area contributed by atoms with Crippen molar-refractivity contribution >= 4 is 26.7 Å². The zero-order valence-corrected chi connectivity index (χ0v) is 14.1. The standard InChI is InChI=1S/C20H18BrN/c1-13-19(14-7-3-2-4-8-14)17-11-15-9-5-6-10-16(15)20(21)18(17)12-22-13/h2-11,13,19,22H,12H2,1H3. The summed E-state index contributed by atoms with van der Waals surface area (Å²) in [7, 11) is 0. The molecule has 3 aromatic rings. The minimum Gasteiger partial charge on any atom is -0.309 e. The topological polar surface area (TPSA) is 12.0 Å². The van der Waals surface area contributed by atoms with Gasteiger partial charge < -0.3 is 5.32 Å². The zero-order chi connectivity index (χ0) is 15.1. The summed E-state index contributed by atoms with van der Waals surface area (Å²) in [5.41, 5.74) is 4.22. The molecule has 3 aromatic carbocycles. The van der Waals surface area contributed by atoms with Crippen LogP contribution >= 0.6 is 15.9 Å². The van der Waals surface area contributed by atoms with Crippen molar-refractivity contribution in [3.8, 4) is 0 Å². The van der Waals surface area contributed by atoms with Gasteiger partial charge in [0.25, 0.3) is 0 Å². The highest BCUT2D eigenvalue weighted by molar-refractivity contribution is 9.10. The first-order valence-electron chi connectivity index (χ1n) is 7.74. The SMILES string of the molecule is CC1NCc2c(cc3ccccc3c2Br)C1c1ccccc1. The normalized spacial score (nSPS) is 20.8. The predicted molar refractivity (Wildman–Crippen MR) is 96.2 cm³/mol. The van der Waals surface area contributed by atoms with E-state index in [2.05, 4.69) is 88.8 Å². The molecule has 0 bridgehead atoms. The molecule has 22 heavy (non-hydrogen) atoms. The largest absolute Gasteiger partial charge is 0.309 e. The molecule has 1 aliphatic rings. The van der Waals surface area contributed by atoms with Crippen LogP contribution in [0.5, 0.6) is 0 Å². The maximum absolute atomic E-state index is 3.85. The first-order valence-corrected chi connectivity index (χ1v) is 8.53. The molecule has 0 saturated heterocycles. The van der Waals surface area contributed by atoms with Crippen molar-refractivity contribution in [1.29, 1.82) is 0 Å². The van der Waals surface area contributed by atoms with Crippen molar-refractivity contribution in [2.45, 2.75) is 25.4 Å². The molecular weight excluding hydrogens is 334 g/mol. The Bertz CT molecular complexity index is 826. The lowest BCUT2D eigenvalue weighted by atomic mass is 9.79. The average Bonchev–Trinajstić information content (AvgIpc) is 2.56. The fourth-order valence-electron chi connectivity index (χ4n) is 3.60. The second-order valence-corrected chi connectivity index (χ2v) is 6.83. The summed E-state index contributed by atoms with van der Waals surface area (Å²) in [6.45, 7) is 3.20. The molecule has 1 aliphatic heterocycles. The number of hydrogen-bond donors (Lipinski definition) is 1. The summed E-state index contributed by atoms with van der Waals surface area (Å²) < 4.78 is 1.24. The van der Waals surface area contributed by atoms with Crippen LogP contribution in [0.2, 0.25) is 0 Å². The maximum Gasteiger partial charge on any atom is 0.0301 e. The number of halogens is 1. The van der Waals surface area contributed by atoms with E-state index in [4.69, 9.17) is 0 Å². The van der Waals surface area contributed by atoms with Gasteiger partial charge in [-0.05, 0) is 50.3 Å². The average molecular weight is 352 g/mol. The van der Waals surface area contributed by atoms with Crippen molar-refractivity contribution in [3.05, 3.63) is 81.8 Å². The molecule has 0 aromatic heterocycles. The molecule has 0 radical (unpaired) electrons. The smallest absolute Gasteiger partial charge is 0.0301 e. The van der Waals surface area contributed by atoms with Crippen LogP contribution < -0.4 is 5.32 Å². The molecule has 0 amide bonds. The van der Waals surface area contributed by atoms with Gasteiger partial charge in [0.1, 0.15) is 0 Å². The Hall–Kier alpha value is -1.64. The van der Waals surface area contributed by atoms with Crippen molar-refractivity contribution in [3.63, 3.8) is 0 Å². The number of benzene rings is 3. The molecular formula is C20H18BrN. The minimum absolute atomic E-state index is 0.394. The van der Waals surface area contributed by atoms with Crippen LogP contribution in [0, 0.1) is 0 Å². The second kappa shape index (κ2) is 5.53. The van der Waals surface area contributed by atoms with Crippen molar-refractivity contribution in [1.82, 2.24) is 5.32 Å². The Balaban J connectivity index is 1.98. The molecule has 4 rings (SSSR count). The number of hydrogen-bond acceptors (Lipinski definition) is 1. The van der Waals surface area contributed by atoms with Crippen LogP contribution in [0.1, 0.15) is 29.5 Å². The van der Waals surface area contributed by atoms with Gasteiger partial charge in [0.05, 0.1) is 0 Å². The molecule has 110 valence electrons. The van der Waals surface area contributed by atoms with Crippen LogP contribution in [-0.2, 0) is 6.54 Å². The molecule has 0 fully saturated rings. The van der Waals surface area contributed by atoms with E-state index in [0.29, 0.717) is 12.0 Å². The molecule has 2 unspecified atom stereocenters. The zero-order valence-electron chi connectivity index (χ0n) is 12.5. The van der Waals surface area contributed by atoms with Gasteiger partial charge in [-0.15, -0.1) is 0 Å². The highest BCUT2D eigenvalue weighted by atomic mass is 79.9. The van der Waals surface area contributed by atoms with E-state index in [-0.39, 0.29) is 0 Å². The lowest BCUT2D eigenvalue weighted by Gasteiger charge is -2.34. The lowest BCUT2D eigenvalue weighted by Crippen LogP contribution is -2.37. The summed E-state index contributed by atoms with van der Waals surface area (Å²) in [5, 5.41) is 6.27. The summed E-state index contributed by atoms with van der Waals surface area (Å²) in [6, 6.07) is 22.2. The van der Waals surface area contributed by atoms with Gasteiger partial charge in [0.15, 0.2) is 0 Å². The molecule has 2 heteroatoms. The van der Waals surface area contributed by atoms with Gasteiger partial charge in [0.2, 0.25) is 0 Å². The van der Waals surface area contributed by atoms with Crippen LogP contribution in [-0.4, -0.2) is 6.04 Å². The van der Waals surface area contributed by atoms with E-state index in [1.165, 1.54) is 31.9 Å². The summed E-state index contributed by atoms with van der Waals surface area (Å²) >= 11 is 3.85. The van der Waals surface area contributed by atoms with E-state index in [0.717, 1.165) is 6.54 Å². The molecule has 2 atom stereocenters. The maximum atomic E-state index is 3.85. The highest BCUT2D eigenvalue weighted by Gasteiger charge is 2.29. The van der Waals surface area contributed by atoms with E-state index in [1.54, 1.807) is 0 Å². The van der Waals surface area contributed by atoms with Gasteiger partial charge in [-0.25, -0.2) is 0 Å². The molecule has 1 heterocycles. The van der Waals surface area contributed by atoms with Gasteiger partial charge in [-0.1, -0.05) is 60.7 Å². The fraction of sp³-hybridized carbons (Fsp3) is 0.200. The first-order chi connectivity index (χ1) is 10.8. The minimum atomic E-state index is 0.394. The van der Waals surface area contributed by atoms with Crippen LogP contribution in [0.4, 0.5) is 0 Å². The van der Waals surface area contributed by atoms with Crippen LogP contribution in [0.25, 0.3) is 10.8 Å². The Morgan fingerprint density at radius 2 is 1.73 bits per heavy atom. The van der Waals surface area contributed by atoms with E-state index in [9.17, 15) is 0 Å². The third kappa shape index (κ3) is 2.18. The molecule has 0 aliphatic carbocycles. The Kier molecular flexibility index (Phi) is 3.51. The van der Waals surface area contributed by atoms with Gasteiger partial charge in [-0.2, -0.15) is 0 Å². The quantitative estimate of drug-likeness (QED) is 0.633. The predicted octanol–water partition coefficient (Wildman–Crippen LogP) is 5.23. The van der Waals surface area contributed by atoms with Gasteiger partial charge >= 0.3 is 0 Å². The van der Waals surface area contributed by atoms with Gasteiger partial charge in [-0.3, -0.25) is 0 Å². The second-order valence-electron chi connectivity index (χ2n) is 6.04. The Morgan fingerprint density at radius 1 is 1.00 bits per heavy atom. The summed E-state index contributed by atoms with van der Waals surface area (Å²) in [5.74, 6) is 0.394. The van der Waals surface area contributed by atoms with Crippen LogP contribution in [0.15, 0.2) is 65.1 Å². The first kappa shape index (κ1) is 14.0. The van der Waals surface area contributed by atoms with E-state index >= 15 is 0 Å². The highest BCUT2D eigenvalue weighted by Crippen LogP contribution is 2.40. The fourth-order valence-corrected chi connectivity index (χ4v) is 4.33. The number of fused-ring (bicyclic) bond motifs is 2. The van der Waals surface area contributed by atoms with Gasteiger partial charge in [0, 0.05) is 23.0 Å². The Morgan fingerprint density at radius 3 is 2.55 bits per heavy atom. The third-order valence-electron chi connectivity index (χ3n) is 4.72. The molecule has 1 N–H and O–H groups in total. The molecule has 0 spiro atoms. The lowest BCUT2D eigenvalue weighted by molar-refractivity contribution is 0.466. The molecule has 0 saturated carbocycles. The van der Waals surface area contributed by atoms with E-state index < -0.39 is 0 Å². The Labute approximate surface area is 139 Å². The van der Waals surface area contributed by atoms with Crippen molar-refractivity contribution < 1.29 is 0 Å². The van der Waals surface area contributed by atoms with Crippen molar-refractivity contribution in [2.75, 3.05) is 0 Å². The van der Waals surface area contributed by atoms with E-state index in [1.807, 2.05) is 0 Å². The monoisotopic (exact) mass is 351 g/mol. The van der Waals surface area contributed by atoms with Crippen molar-refractivity contribution in [2.24, 2.45) is 0 Å². The third-order valence-corrected chi connectivity index (χ3v) is 5.62. The summed E-state index contributed by atoms with van der Waals surface area (Å²) in [6.07, 6.45) is 0. The summed E-state index contributed by atoms with van der Waals surface area (Å²) in [4.78, 5) is 0. The number of nitrogens with one attached hydrogen (secondary N) is 1.